The first-order valence-corrected chi connectivity index (χ1v) is 12.8. The maximum absolute atomic E-state index is 11.7. The van der Waals surface area contributed by atoms with E-state index < -0.39 is 0 Å². The molecule has 0 atom stereocenters. The number of nitriles is 1. The average molecular weight is 484 g/mol. The molecule has 0 amide bonds. The van der Waals surface area contributed by atoms with Crippen molar-refractivity contribution in [2.75, 3.05) is 7.11 Å². The van der Waals surface area contributed by atoms with Crippen LogP contribution < -0.4 is 0 Å². The maximum Gasteiger partial charge on any atom is 0.337 e. The maximum atomic E-state index is 11.7. The van der Waals surface area contributed by atoms with Gasteiger partial charge >= 0.3 is 5.97 Å². The highest BCUT2D eigenvalue weighted by atomic mass is 32.2. The third-order valence-electron chi connectivity index (χ3n) is 5.83. The number of carbonyl (C=O) groups is 1. The van der Waals surface area contributed by atoms with Crippen molar-refractivity contribution in [3.05, 3.63) is 88.1 Å². The summed E-state index contributed by atoms with van der Waals surface area (Å²) < 4.78 is 4.76. The predicted molar refractivity (Wildman–Crippen MR) is 135 cm³/mol. The molecule has 0 spiro atoms. The van der Waals surface area contributed by atoms with E-state index in [1.165, 1.54) is 12.7 Å². The van der Waals surface area contributed by atoms with E-state index >= 15 is 0 Å². The van der Waals surface area contributed by atoms with Gasteiger partial charge in [-0.3, -0.25) is 0 Å². The molecule has 2 heterocycles. The van der Waals surface area contributed by atoms with Gasteiger partial charge in [-0.15, -0.1) is 11.3 Å². The Bertz CT molecular complexity index is 1390. The van der Waals surface area contributed by atoms with Crippen LogP contribution in [0.3, 0.4) is 0 Å². The number of rotatable bonds is 6. The van der Waals surface area contributed by atoms with Crippen molar-refractivity contribution in [3.8, 4) is 27.8 Å². The van der Waals surface area contributed by atoms with Crippen molar-refractivity contribution in [2.24, 2.45) is 0 Å². The fraction of sp³-hybridized carbons (Fsp3) is 0.185. The lowest BCUT2D eigenvalue weighted by Gasteiger charge is -2.14. The standard InChI is InChI=1S/C27H21N3O2S2/c1-32-27(31)19-12-10-18(11-13-19)25-29-20(15-33-25)16-34-26-22(14-28)24(17-6-3-2-4-7-17)21-8-5-9-23(21)30-26/h2-4,6-7,10-13,15H,5,8-9,16H2,1H3. The first kappa shape index (κ1) is 22.3. The lowest BCUT2D eigenvalue weighted by atomic mass is 9.95. The minimum absolute atomic E-state index is 0.354. The predicted octanol–water partition coefficient (Wildman–Crippen LogP) is 6.31. The van der Waals surface area contributed by atoms with E-state index in [2.05, 4.69) is 18.2 Å². The molecule has 0 fully saturated rings. The van der Waals surface area contributed by atoms with Gasteiger partial charge in [0.25, 0.3) is 0 Å². The summed E-state index contributed by atoms with van der Waals surface area (Å²) in [4.78, 5) is 21.3. The van der Waals surface area contributed by atoms with Crippen LogP contribution in [0.1, 0.15) is 39.3 Å². The summed E-state index contributed by atoms with van der Waals surface area (Å²) in [5, 5.41) is 13.8. The van der Waals surface area contributed by atoms with Crippen molar-refractivity contribution in [1.29, 1.82) is 5.26 Å². The Morgan fingerprint density at radius 3 is 2.62 bits per heavy atom. The number of nitrogens with zero attached hydrogens (tertiary/aromatic N) is 3. The summed E-state index contributed by atoms with van der Waals surface area (Å²) in [5.74, 6) is 0.277. The molecule has 0 radical (unpaired) electrons. The Kier molecular flexibility index (Phi) is 6.43. The van der Waals surface area contributed by atoms with E-state index in [1.54, 1.807) is 35.2 Å². The van der Waals surface area contributed by atoms with E-state index in [4.69, 9.17) is 14.7 Å². The fourth-order valence-corrected chi connectivity index (χ4v) is 6.03. The number of pyridine rings is 1. The second kappa shape index (κ2) is 9.80. The first-order valence-electron chi connectivity index (χ1n) is 10.9. The second-order valence-electron chi connectivity index (χ2n) is 7.93. The van der Waals surface area contributed by atoms with Gasteiger partial charge in [0.15, 0.2) is 0 Å². The number of hydrogen-bond donors (Lipinski definition) is 0. The summed E-state index contributed by atoms with van der Waals surface area (Å²) in [5.41, 5.74) is 7.52. The van der Waals surface area contributed by atoms with Crippen LogP contribution in [0.5, 0.6) is 0 Å². The van der Waals surface area contributed by atoms with E-state index in [0.717, 1.165) is 57.4 Å². The third kappa shape index (κ3) is 4.35. The highest BCUT2D eigenvalue weighted by Gasteiger charge is 2.24. The molecule has 5 rings (SSSR count). The molecule has 2 aromatic heterocycles. The minimum Gasteiger partial charge on any atom is -0.465 e. The molecule has 0 bridgehead atoms. The zero-order chi connectivity index (χ0) is 23.5. The van der Waals surface area contributed by atoms with Gasteiger partial charge in [0.05, 0.1) is 23.9 Å². The average Bonchev–Trinajstić information content (AvgIpc) is 3.56. The van der Waals surface area contributed by atoms with Gasteiger partial charge < -0.3 is 4.74 Å². The Balaban J connectivity index is 1.40. The van der Waals surface area contributed by atoms with Gasteiger partial charge in [-0.05, 0) is 42.5 Å². The van der Waals surface area contributed by atoms with Crippen molar-refractivity contribution >= 4 is 29.1 Å². The topological polar surface area (TPSA) is 75.9 Å². The van der Waals surface area contributed by atoms with E-state index in [0.29, 0.717) is 16.9 Å². The Morgan fingerprint density at radius 2 is 1.88 bits per heavy atom. The van der Waals surface area contributed by atoms with Crippen LogP contribution in [0.25, 0.3) is 21.7 Å². The van der Waals surface area contributed by atoms with Gasteiger partial charge in [0, 0.05) is 28.0 Å². The molecule has 7 heteroatoms. The van der Waals surface area contributed by atoms with Gasteiger partial charge in [-0.25, -0.2) is 14.8 Å². The number of esters is 1. The molecule has 4 aromatic rings. The van der Waals surface area contributed by atoms with Crippen LogP contribution in [0.4, 0.5) is 0 Å². The smallest absolute Gasteiger partial charge is 0.337 e. The van der Waals surface area contributed by atoms with E-state index in [1.807, 2.05) is 35.7 Å². The van der Waals surface area contributed by atoms with Crippen LogP contribution in [-0.4, -0.2) is 23.0 Å². The molecule has 2 aromatic carbocycles. The normalized spacial score (nSPS) is 12.2. The van der Waals surface area contributed by atoms with Crippen molar-refractivity contribution in [3.63, 3.8) is 0 Å². The Hall–Kier alpha value is -3.47. The van der Waals surface area contributed by atoms with Gasteiger partial charge in [-0.1, -0.05) is 54.2 Å². The molecule has 168 valence electrons. The molecule has 0 saturated carbocycles. The number of benzene rings is 2. The zero-order valence-corrected chi connectivity index (χ0v) is 20.2. The first-order chi connectivity index (χ1) is 16.7. The quantitative estimate of drug-likeness (QED) is 0.236. The molecule has 1 aliphatic rings. The van der Waals surface area contributed by atoms with E-state index in [9.17, 15) is 10.1 Å². The van der Waals surface area contributed by atoms with Crippen LogP contribution >= 0.6 is 23.1 Å². The number of aryl methyl sites for hydroxylation is 1. The number of aromatic nitrogens is 2. The SMILES string of the molecule is COC(=O)c1ccc(-c2nc(CSc3nc4c(c(-c5ccccc5)c3C#N)CCC4)cs2)cc1. The molecule has 0 unspecified atom stereocenters. The van der Waals surface area contributed by atoms with Gasteiger partial charge in [0.2, 0.25) is 0 Å². The molecule has 0 N–H and O–H groups in total. The lowest BCUT2D eigenvalue weighted by Crippen LogP contribution is -2.01. The van der Waals surface area contributed by atoms with Crippen LogP contribution in [0.15, 0.2) is 65.0 Å². The van der Waals surface area contributed by atoms with Crippen molar-refractivity contribution in [2.45, 2.75) is 30.0 Å². The van der Waals surface area contributed by atoms with Gasteiger partial charge in [-0.2, -0.15) is 5.26 Å². The highest BCUT2D eigenvalue weighted by Crippen LogP contribution is 2.39. The van der Waals surface area contributed by atoms with E-state index in [-0.39, 0.29) is 5.97 Å². The van der Waals surface area contributed by atoms with Crippen LogP contribution in [0, 0.1) is 11.3 Å². The summed E-state index contributed by atoms with van der Waals surface area (Å²) in [6.45, 7) is 0. The fourth-order valence-electron chi connectivity index (χ4n) is 4.20. The Morgan fingerprint density at radius 1 is 1.09 bits per heavy atom. The zero-order valence-electron chi connectivity index (χ0n) is 18.6. The molecule has 5 nitrogen and oxygen atoms in total. The largest absolute Gasteiger partial charge is 0.465 e. The highest BCUT2D eigenvalue weighted by molar-refractivity contribution is 7.98. The van der Waals surface area contributed by atoms with Crippen LogP contribution in [0.2, 0.25) is 0 Å². The van der Waals surface area contributed by atoms with Gasteiger partial charge in [0.1, 0.15) is 16.1 Å². The molecule has 34 heavy (non-hydrogen) atoms. The second-order valence-corrected chi connectivity index (χ2v) is 9.75. The Labute approximate surface area is 206 Å². The minimum atomic E-state index is -0.354. The summed E-state index contributed by atoms with van der Waals surface area (Å²) in [7, 11) is 1.37. The number of fused-ring (bicyclic) bond motifs is 1. The summed E-state index contributed by atoms with van der Waals surface area (Å²) in [6.07, 6.45) is 3.00. The number of thioether (sulfide) groups is 1. The molecule has 0 saturated heterocycles. The number of carbonyl (C=O) groups excluding carboxylic acids is 1. The third-order valence-corrected chi connectivity index (χ3v) is 7.78. The molecular weight excluding hydrogens is 462 g/mol. The lowest BCUT2D eigenvalue weighted by molar-refractivity contribution is 0.0600. The number of methoxy groups -OCH3 is 1. The van der Waals surface area contributed by atoms with Crippen molar-refractivity contribution in [1.82, 2.24) is 9.97 Å². The van der Waals surface area contributed by atoms with Crippen LogP contribution in [-0.2, 0) is 23.3 Å². The van der Waals surface area contributed by atoms with Crippen molar-refractivity contribution < 1.29 is 9.53 Å². The number of thiazole rings is 1. The molecular formula is C27H21N3O2S2. The summed E-state index contributed by atoms with van der Waals surface area (Å²) >= 11 is 3.13. The number of ether oxygens (including phenoxy) is 1. The molecule has 0 aliphatic heterocycles. The molecule has 1 aliphatic carbocycles. The summed E-state index contributed by atoms with van der Waals surface area (Å²) in [6, 6.07) is 19.9. The monoisotopic (exact) mass is 483 g/mol. The number of hydrogen-bond acceptors (Lipinski definition) is 7.